The van der Waals surface area contributed by atoms with E-state index >= 15 is 0 Å². The maximum atomic E-state index is 12.1. The topological polar surface area (TPSA) is 67.8 Å². The van der Waals surface area contributed by atoms with Gasteiger partial charge in [-0.1, -0.05) is 42.3 Å². The standard InChI is InChI=1S/C23H23NO4/c1-3-16-8-10-19(11-9-16)20-12-21(23(26)24-2)28-22(13-20)27-15-18-6-4-17(14-25)5-7-18/h1,4-12,20,22,25H,13-15H2,2H3,(H,24,26)/t20-,22+/m1/s1. The van der Waals surface area contributed by atoms with Crippen LogP contribution in [-0.2, 0) is 27.5 Å². The smallest absolute Gasteiger partial charge is 0.285 e. The molecule has 1 heterocycles. The number of aliphatic hydroxyl groups is 1. The molecule has 3 rings (SSSR count). The molecule has 1 aliphatic rings. The summed E-state index contributed by atoms with van der Waals surface area (Å²) < 4.78 is 11.7. The minimum atomic E-state index is -0.549. The molecule has 1 amide bonds. The Hall–Kier alpha value is -3.07. The van der Waals surface area contributed by atoms with Crippen molar-refractivity contribution >= 4 is 5.91 Å². The van der Waals surface area contributed by atoms with E-state index in [0.29, 0.717) is 13.0 Å². The van der Waals surface area contributed by atoms with Gasteiger partial charge in [-0.05, 0) is 34.9 Å². The molecule has 0 aliphatic carbocycles. The molecule has 2 atom stereocenters. The SMILES string of the molecule is C#Cc1ccc([C@@H]2C=C(C(=O)NC)O[C@H](OCc3ccc(CO)cc3)C2)cc1. The van der Waals surface area contributed by atoms with Crippen molar-refractivity contribution in [3.63, 3.8) is 0 Å². The summed E-state index contributed by atoms with van der Waals surface area (Å²) in [7, 11) is 1.57. The quantitative estimate of drug-likeness (QED) is 0.760. The number of terminal acetylenes is 1. The Bertz CT molecular complexity index is 878. The third-order valence-corrected chi connectivity index (χ3v) is 4.66. The fourth-order valence-corrected chi connectivity index (χ4v) is 3.03. The minimum absolute atomic E-state index is 0.00725. The molecule has 0 saturated heterocycles. The molecule has 28 heavy (non-hydrogen) atoms. The summed E-state index contributed by atoms with van der Waals surface area (Å²) in [4.78, 5) is 12.1. The maximum Gasteiger partial charge on any atom is 0.285 e. The molecule has 2 aromatic carbocycles. The highest BCUT2D eigenvalue weighted by Crippen LogP contribution is 2.32. The Morgan fingerprint density at radius 1 is 1.21 bits per heavy atom. The van der Waals surface area contributed by atoms with Crippen LogP contribution in [0.5, 0.6) is 0 Å². The van der Waals surface area contributed by atoms with Crippen LogP contribution >= 0.6 is 0 Å². The van der Waals surface area contributed by atoms with E-state index in [1.165, 1.54) is 0 Å². The van der Waals surface area contributed by atoms with Gasteiger partial charge in [-0.3, -0.25) is 4.79 Å². The molecule has 0 saturated carbocycles. The first-order valence-corrected chi connectivity index (χ1v) is 9.10. The lowest BCUT2D eigenvalue weighted by Gasteiger charge is -2.29. The normalized spacial score (nSPS) is 18.5. The van der Waals surface area contributed by atoms with Gasteiger partial charge in [-0.25, -0.2) is 0 Å². The Morgan fingerprint density at radius 2 is 1.89 bits per heavy atom. The number of amides is 1. The van der Waals surface area contributed by atoms with Crippen LogP contribution in [0.25, 0.3) is 0 Å². The number of aliphatic hydroxyl groups excluding tert-OH is 1. The monoisotopic (exact) mass is 377 g/mol. The van der Waals surface area contributed by atoms with E-state index in [1.807, 2.05) is 54.6 Å². The number of carbonyl (C=O) groups excluding carboxylic acids is 1. The van der Waals surface area contributed by atoms with Gasteiger partial charge in [0.05, 0.1) is 13.2 Å². The van der Waals surface area contributed by atoms with Crippen LogP contribution in [0.3, 0.4) is 0 Å². The fourth-order valence-electron chi connectivity index (χ4n) is 3.03. The molecule has 5 heteroatoms. The van der Waals surface area contributed by atoms with Crippen LogP contribution in [0, 0.1) is 12.3 Å². The summed E-state index contributed by atoms with van der Waals surface area (Å²) in [5, 5.41) is 11.7. The Labute approximate surface area is 165 Å². The summed E-state index contributed by atoms with van der Waals surface area (Å²) in [5.74, 6) is 2.55. The van der Waals surface area contributed by atoms with Crippen molar-refractivity contribution < 1.29 is 19.4 Å². The molecule has 144 valence electrons. The van der Waals surface area contributed by atoms with Gasteiger partial charge in [0.15, 0.2) is 5.76 Å². The van der Waals surface area contributed by atoms with E-state index in [9.17, 15) is 4.79 Å². The number of hydrogen-bond acceptors (Lipinski definition) is 4. The van der Waals surface area contributed by atoms with Gasteiger partial charge in [-0.2, -0.15) is 0 Å². The minimum Gasteiger partial charge on any atom is -0.459 e. The van der Waals surface area contributed by atoms with E-state index in [1.54, 1.807) is 7.05 Å². The number of hydrogen-bond donors (Lipinski definition) is 2. The lowest BCUT2D eigenvalue weighted by molar-refractivity contribution is -0.150. The number of allylic oxidation sites excluding steroid dienone is 1. The van der Waals surface area contributed by atoms with Crippen molar-refractivity contribution in [2.45, 2.75) is 31.8 Å². The third-order valence-electron chi connectivity index (χ3n) is 4.66. The van der Waals surface area contributed by atoms with Crippen molar-refractivity contribution in [1.29, 1.82) is 0 Å². The van der Waals surface area contributed by atoms with Crippen LogP contribution in [0.1, 0.15) is 34.6 Å². The average molecular weight is 377 g/mol. The zero-order chi connectivity index (χ0) is 19.9. The molecule has 0 aromatic heterocycles. The van der Waals surface area contributed by atoms with Crippen molar-refractivity contribution in [2.24, 2.45) is 0 Å². The number of carbonyl (C=O) groups is 1. The molecule has 0 radical (unpaired) electrons. The van der Waals surface area contributed by atoms with Crippen LogP contribution in [0.4, 0.5) is 0 Å². The van der Waals surface area contributed by atoms with E-state index in [0.717, 1.165) is 22.3 Å². The maximum absolute atomic E-state index is 12.1. The highest BCUT2D eigenvalue weighted by atomic mass is 16.7. The lowest BCUT2D eigenvalue weighted by Crippen LogP contribution is -2.31. The highest BCUT2D eigenvalue weighted by molar-refractivity contribution is 5.91. The van der Waals surface area contributed by atoms with Crippen LogP contribution in [0.15, 0.2) is 60.4 Å². The molecule has 0 unspecified atom stereocenters. The van der Waals surface area contributed by atoms with Crippen LogP contribution in [-0.4, -0.2) is 24.4 Å². The molecule has 0 spiro atoms. The van der Waals surface area contributed by atoms with Gasteiger partial charge < -0.3 is 19.9 Å². The van der Waals surface area contributed by atoms with Crippen LogP contribution in [0.2, 0.25) is 0 Å². The Balaban J connectivity index is 1.73. The zero-order valence-electron chi connectivity index (χ0n) is 15.7. The molecule has 5 nitrogen and oxygen atoms in total. The molecular formula is C23H23NO4. The van der Waals surface area contributed by atoms with Gasteiger partial charge in [-0.15, -0.1) is 6.42 Å². The number of ether oxygens (including phenoxy) is 2. The van der Waals surface area contributed by atoms with Gasteiger partial charge in [0.2, 0.25) is 6.29 Å². The molecule has 1 aliphatic heterocycles. The summed E-state index contributed by atoms with van der Waals surface area (Å²) in [5.41, 5.74) is 3.67. The van der Waals surface area contributed by atoms with Crippen molar-refractivity contribution in [3.8, 4) is 12.3 Å². The van der Waals surface area contributed by atoms with E-state index in [-0.39, 0.29) is 24.2 Å². The first-order chi connectivity index (χ1) is 13.6. The predicted molar refractivity (Wildman–Crippen MR) is 106 cm³/mol. The first-order valence-electron chi connectivity index (χ1n) is 9.10. The van der Waals surface area contributed by atoms with Crippen molar-refractivity contribution in [1.82, 2.24) is 5.32 Å². The zero-order valence-corrected chi connectivity index (χ0v) is 15.7. The van der Waals surface area contributed by atoms with Gasteiger partial charge in [0.1, 0.15) is 0 Å². The van der Waals surface area contributed by atoms with E-state index in [4.69, 9.17) is 21.0 Å². The second-order valence-electron chi connectivity index (χ2n) is 6.55. The summed E-state index contributed by atoms with van der Waals surface area (Å²) in [6, 6.07) is 15.2. The fraction of sp³-hybridized carbons (Fsp3) is 0.261. The number of benzene rings is 2. The molecule has 0 bridgehead atoms. The Morgan fingerprint density at radius 3 is 2.50 bits per heavy atom. The van der Waals surface area contributed by atoms with Crippen molar-refractivity contribution in [3.05, 3.63) is 82.6 Å². The first kappa shape index (κ1) is 19.7. The Kier molecular flexibility index (Phi) is 6.49. The van der Waals surface area contributed by atoms with E-state index in [2.05, 4.69) is 11.2 Å². The van der Waals surface area contributed by atoms with E-state index < -0.39 is 6.29 Å². The molecular weight excluding hydrogens is 354 g/mol. The average Bonchev–Trinajstić information content (AvgIpc) is 2.77. The summed E-state index contributed by atoms with van der Waals surface area (Å²) in [6.45, 7) is 0.355. The second kappa shape index (κ2) is 9.23. The number of rotatable bonds is 6. The highest BCUT2D eigenvalue weighted by Gasteiger charge is 2.28. The number of nitrogens with one attached hydrogen (secondary N) is 1. The predicted octanol–water partition coefficient (Wildman–Crippen LogP) is 2.84. The number of likely N-dealkylation sites (N-methyl/N-ethyl adjacent to an activating group) is 1. The molecule has 2 N–H and O–H groups in total. The van der Waals surface area contributed by atoms with Gasteiger partial charge >= 0.3 is 0 Å². The second-order valence-corrected chi connectivity index (χ2v) is 6.55. The summed E-state index contributed by atoms with van der Waals surface area (Å²) in [6.07, 6.45) is 7.28. The van der Waals surface area contributed by atoms with Crippen molar-refractivity contribution in [2.75, 3.05) is 7.05 Å². The third kappa shape index (κ3) is 4.80. The largest absolute Gasteiger partial charge is 0.459 e. The van der Waals surface area contributed by atoms with Gasteiger partial charge in [0.25, 0.3) is 5.91 Å². The lowest BCUT2D eigenvalue weighted by atomic mass is 9.92. The van der Waals surface area contributed by atoms with Gasteiger partial charge in [0, 0.05) is 24.9 Å². The summed E-state index contributed by atoms with van der Waals surface area (Å²) >= 11 is 0. The molecule has 2 aromatic rings. The molecule has 0 fully saturated rings. The van der Waals surface area contributed by atoms with Crippen LogP contribution < -0.4 is 5.32 Å².